The number of thiazole rings is 1. The number of nitrogens with one attached hydrogen (secondary N) is 1. The maximum absolute atomic E-state index is 12.4. The summed E-state index contributed by atoms with van der Waals surface area (Å²) in [7, 11) is -1.75. The van der Waals surface area contributed by atoms with Crippen molar-refractivity contribution in [1.82, 2.24) is 4.98 Å². The molecule has 3 aromatic rings. The van der Waals surface area contributed by atoms with Gasteiger partial charge in [0.25, 0.3) is 5.91 Å². The fraction of sp³-hybridized carbons (Fsp3) is 0.200. The lowest BCUT2D eigenvalue weighted by Gasteiger charge is -2.08. The van der Waals surface area contributed by atoms with Crippen molar-refractivity contribution in [3.05, 3.63) is 59.5 Å². The smallest absolute Gasteiger partial charge is 0.257 e. The number of carbonyl (C=O) groups excluding carboxylic acids is 1. The molecule has 1 heterocycles. The summed E-state index contributed by atoms with van der Waals surface area (Å²) < 4.78 is 29.5. The van der Waals surface area contributed by atoms with Crippen LogP contribution < -0.4 is 10.1 Å². The first kappa shape index (κ1) is 20.0. The van der Waals surface area contributed by atoms with Gasteiger partial charge < -0.3 is 4.74 Å². The summed E-state index contributed by atoms with van der Waals surface area (Å²) in [6.07, 6.45) is 0. The summed E-state index contributed by atoms with van der Waals surface area (Å²) in [4.78, 5) is 17.1. The van der Waals surface area contributed by atoms with E-state index in [0.717, 1.165) is 17.0 Å². The number of rotatable bonds is 6. The van der Waals surface area contributed by atoms with Crippen LogP contribution in [0.2, 0.25) is 0 Å². The highest BCUT2D eigenvalue weighted by atomic mass is 32.2. The molecular weight excluding hydrogens is 396 g/mol. The van der Waals surface area contributed by atoms with Crippen LogP contribution in [0.3, 0.4) is 0 Å². The fourth-order valence-corrected chi connectivity index (χ4v) is 4.24. The fourth-order valence-electron chi connectivity index (χ4n) is 2.46. The van der Waals surface area contributed by atoms with E-state index >= 15 is 0 Å². The highest BCUT2D eigenvalue weighted by Crippen LogP contribution is 2.27. The van der Waals surface area contributed by atoms with E-state index in [2.05, 4.69) is 10.3 Å². The SMILES string of the molecule is COc1ccc(-c2csc(NC(=O)c3ccc(S(=O)(=O)C(C)C)cc3)n2)cc1. The molecule has 0 aliphatic carbocycles. The number of carbonyl (C=O) groups is 1. The summed E-state index contributed by atoms with van der Waals surface area (Å²) in [5.74, 6) is 0.416. The van der Waals surface area contributed by atoms with Crippen LogP contribution in [0.25, 0.3) is 11.3 Å². The molecule has 146 valence electrons. The lowest BCUT2D eigenvalue weighted by atomic mass is 10.2. The zero-order chi connectivity index (χ0) is 20.3. The number of anilines is 1. The maximum Gasteiger partial charge on any atom is 0.257 e. The quantitative estimate of drug-likeness (QED) is 0.649. The number of aromatic nitrogens is 1. The van der Waals surface area contributed by atoms with Crippen LogP contribution in [-0.4, -0.2) is 31.7 Å². The number of methoxy groups -OCH3 is 1. The van der Waals surface area contributed by atoms with Gasteiger partial charge in [0.2, 0.25) is 0 Å². The van der Waals surface area contributed by atoms with Crippen molar-refractivity contribution in [2.24, 2.45) is 0 Å². The van der Waals surface area contributed by atoms with E-state index in [0.29, 0.717) is 10.7 Å². The zero-order valence-electron chi connectivity index (χ0n) is 15.7. The number of benzene rings is 2. The van der Waals surface area contributed by atoms with E-state index in [1.54, 1.807) is 21.0 Å². The molecule has 3 rings (SSSR count). The predicted octanol–water partition coefficient (Wildman–Crippen LogP) is 4.25. The molecule has 1 aromatic heterocycles. The van der Waals surface area contributed by atoms with E-state index < -0.39 is 15.1 Å². The second-order valence-corrected chi connectivity index (χ2v) is 9.70. The van der Waals surface area contributed by atoms with E-state index in [1.165, 1.54) is 35.6 Å². The van der Waals surface area contributed by atoms with Crippen LogP contribution in [0, 0.1) is 0 Å². The van der Waals surface area contributed by atoms with Crippen molar-refractivity contribution < 1.29 is 17.9 Å². The van der Waals surface area contributed by atoms with Crippen LogP contribution in [0.1, 0.15) is 24.2 Å². The van der Waals surface area contributed by atoms with Crippen molar-refractivity contribution >= 4 is 32.2 Å². The van der Waals surface area contributed by atoms with Gasteiger partial charge in [-0.1, -0.05) is 0 Å². The van der Waals surface area contributed by atoms with Crippen molar-refractivity contribution in [3.63, 3.8) is 0 Å². The van der Waals surface area contributed by atoms with Crippen LogP contribution in [0.5, 0.6) is 5.75 Å². The zero-order valence-corrected chi connectivity index (χ0v) is 17.3. The average Bonchev–Trinajstić information content (AvgIpc) is 3.16. The third-order valence-electron chi connectivity index (χ3n) is 4.18. The van der Waals surface area contributed by atoms with E-state index in [-0.39, 0.29) is 10.8 Å². The second-order valence-electron chi connectivity index (χ2n) is 6.34. The van der Waals surface area contributed by atoms with Crippen molar-refractivity contribution in [2.75, 3.05) is 12.4 Å². The Morgan fingerprint density at radius 1 is 1.07 bits per heavy atom. The normalized spacial score (nSPS) is 11.4. The molecule has 0 fully saturated rings. The van der Waals surface area contributed by atoms with Crippen molar-refractivity contribution in [3.8, 4) is 17.0 Å². The molecule has 1 N–H and O–H groups in total. The summed E-state index contributed by atoms with van der Waals surface area (Å²) in [5.41, 5.74) is 2.03. The Balaban J connectivity index is 1.72. The Morgan fingerprint density at radius 3 is 2.29 bits per heavy atom. The number of hydrogen-bond acceptors (Lipinski definition) is 6. The molecule has 8 heteroatoms. The second kappa shape index (κ2) is 8.12. The minimum Gasteiger partial charge on any atom is -0.497 e. The van der Waals surface area contributed by atoms with Gasteiger partial charge in [-0.3, -0.25) is 10.1 Å². The monoisotopic (exact) mass is 416 g/mol. The van der Waals surface area contributed by atoms with Crippen LogP contribution in [0.4, 0.5) is 5.13 Å². The van der Waals surface area contributed by atoms with Gasteiger partial charge in [-0.15, -0.1) is 11.3 Å². The Bertz CT molecular complexity index is 1070. The Labute approximate surface area is 168 Å². The molecule has 0 radical (unpaired) electrons. The van der Waals surface area contributed by atoms with Gasteiger partial charge in [-0.25, -0.2) is 13.4 Å². The molecule has 1 amide bonds. The minimum atomic E-state index is -3.36. The molecule has 6 nitrogen and oxygen atoms in total. The molecule has 0 spiro atoms. The van der Waals surface area contributed by atoms with E-state index in [1.807, 2.05) is 29.6 Å². The van der Waals surface area contributed by atoms with Crippen LogP contribution in [-0.2, 0) is 9.84 Å². The lowest BCUT2D eigenvalue weighted by molar-refractivity contribution is 0.102. The number of hydrogen-bond donors (Lipinski definition) is 1. The average molecular weight is 417 g/mol. The summed E-state index contributed by atoms with van der Waals surface area (Å²) in [6, 6.07) is 13.4. The largest absolute Gasteiger partial charge is 0.497 e. The van der Waals surface area contributed by atoms with E-state index in [9.17, 15) is 13.2 Å². The topological polar surface area (TPSA) is 85.4 Å². The lowest BCUT2D eigenvalue weighted by Crippen LogP contribution is -2.15. The van der Waals surface area contributed by atoms with E-state index in [4.69, 9.17) is 4.74 Å². The van der Waals surface area contributed by atoms with Crippen molar-refractivity contribution in [1.29, 1.82) is 0 Å². The van der Waals surface area contributed by atoms with Gasteiger partial charge in [0.1, 0.15) is 5.75 Å². The Kier molecular flexibility index (Phi) is 5.81. The van der Waals surface area contributed by atoms with Gasteiger partial charge in [-0.05, 0) is 62.4 Å². The number of sulfone groups is 1. The number of nitrogens with zero attached hydrogens (tertiary/aromatic N) is 1. The molecule has 28 heavy (non-hydrogen) atoms. The predicted molar refractivity (Wildman–Crippen MR) is 111 cm³/mol. The third kappa shape index (κ3) is 4.23. The first-order valence-corrected chi connectivity index (χ1v) is 11.0. The minimum absolute atomic E-state index is 0.204. The first-order valence-electron chi connectivity index (χ1n) is 8.56. The molecular formula is C20H20N2O4S2. The van der Waals surface area contributed by atoms with Gasteiger partial charge in [0.15, 0.2) is 15.0 Å². The molecule has 2 aromatic carbocycles. The highest BCUT2D eigenvalue weighted by molar-refractivity contribution is 7.92. The molecule has 0 saturated heterocycles. The first-order chi connectivity index (χ1) is 13.3. The summed E-state index contributed by atoms with van der Waals surface area (Å²) >= 11 is 1.32. The Morgan fingerprint density at radius 2 is 1.71 bits per heavy atom. The summed E-state index contributed by atoms with van der Waals surface area (Å²) in [6.45, 7) is 3.25. The number of amides is 1. The summed E-state index contributed by atoms with van der Waals surface area (Å²) in [5, 5.41) is 4.56. The van der Waals surface area contributed by atoms with Crippen molar-refractivity contribution in [2.45, 2.75) is 24.0 Å². The third-order valence-corrected chi connectivity index (χ3v) is 7.10. The molecule has 0 atom stereocenters. The standard InChI is InChI=1S/C20H20N2O4S2/c1-13(2)28(24,25)17-10-6-15(7-11-17)19(23)22-20-21-18(12-27-20)14-4-8-16(26-3)9-5-14/h4-13H,1-3H3,(H,21,22,23). The maximum atomic E-state index is 12.4. The van der Waals surface area contributed by atoms with Crippen LogP contribution in [0.15, 0.2) is 58.8 Å². The molecule has 0 bridgehead atoms. The molecule has 0 saturated carbocycles. The molecule has 0 unspecified atom stereocenters. The molecule has 0 aliphatic heterocycles. The van der Waals surface area contributed by atoms with Gasteiger partial charge in [-0.2, -0.15) is 0 Å². The Hall–Kier alpha value is -2.71. The van der Waals surface area contributed by atoms with Crippen LogP contribution >= 0.6 is 11.3 Å². The highest BCUT2D eigenvalue weighted by Gasteiger charge is 2.19. The number of ether oxygens (including phenoxy) is 1. The van der Waals surface area contributed by atoms with Gasteiger partial charge >= 0.3 is 0 Å². The van der Waals surface area contributed by atoms with Gasteiger partial charge in [0.05, 0.1) is 22.9 Å². The van der Waals surface area contributed by atoms with Gasteiger partial charge in [0, 0.05) is 16.5 Å². The molecule has 0 aliphatic rings.